The summed E-state index contributed by atoms with van der Waals surface area (Å²) in [7, 11) is 0.285. The van der Waals surface area contributed by atoms with E-state index in [0.29, 0.717) is 119 Å². The average molecular weight is 1960 g/mol. The van der Waals surface area contributed by atoms with Gasteiger partial charge in [0.2, 0.25) is 5.91 Å². The number of carbonyl (C=O) groups is 1. The van der Waals surface area contributed by atoms with Crippen LogP contribution in [-0.4, -0.2) is 164 Å². The highest BCUT2D eigenvalue weighted by Gasteiger charge is 2.25. The topological polar surface area (TPSA) is 437 Å². The van der Waals surface area contributed by atoms with Crippen LogP contribution in [0, 0.1) is 35.0 Å². The van der Waals surface area contributed by atoms with Crippen LogP contribution in [0.3, 0.4) is 0 Å². The molecular formula is C108H78F5N29O3S. The highest BCUT2D eigenvalue weighted by atomic mass is 32.2. The van der Waals surface area contributed by atoms with E-state index < -0.39 is 33.3 Å². The molecule has 1 amide bonds. The van der Waals surface area contributed by atoms with Gasteiger partial charge in [0.15, 0.2) is 34.9 Å². The standard InChI is InChI=1S/C29H23F2N7O.C29H19FN8O2S.C26H21FN8.C24H15FN6/c1-15(2)7-26(39)34-19-8-18(11-32-12-19)16-4-6-24-20(9-16)28(38-37-24)29-35-25-14-33-13-21(27(25)36-29)17-3-5-22(30)23(31)10-17;30-20-10-19(13-31-14-20)23-15-32-16-25-27(23)35-29(34-25)28-22-11-17(6-7-24(22)36-37-28)18-8-9-33-26(12-18)38-41(39,40)21-4-2-1-3-5-21;1-35(2)14-15-5-17(9-28-8-15)16-3-4-22-20(7-16)25(34-33-22)26-31-23-13-30-12-21(24(23)32-26)18-6-19(27)11-29-10-18;25-17-5-1-3-15(9-17)19-12-27-13-21-22(19)29-24(28-21)23-18-10-14(6-7-20(18)30-31-23)16-4-2-8-26-11-16/h3-6,8-15H,7H2,1-2H3,(H,34,39)(H,35,36)(H,37,38);1-16H,(H,33,38)(H,34,35)(H,36,37);3-13H,14H2,1-2H3,(H,31,32)(H,33,34);1-13H,(H,28,29)(H,30,31). The van der Waals surface area contributed by atoms with Gasteiger partial charge < -0.3 is 30.2 Å². The lowest BCUT2D eigenvalue weighted by Crippen LogP contribution is -2.13. The Hall–Kier alpha value is -19.4. The summed E-state index contributed by atoms with van der Waals surface area (Å²) in [5.74, 6) is -0.400. The number of nitrogens with one attached hydrogen (secondary N) is 10. The zero-order valence-corrected chi connectivity index (χ0v) is 78.3. The Kier molecular flexibility index (Phi) is 24.5. The van der Waals surface area contributed by atoms with Gasteiger partial charge in [0.05, 0.1) is 109 Å². The number of hydrogen-bond acceptors (Lipinski definition) is 22. The van der Waals surface area contributed by atoms with Crippen molar-refractivity contribution < 1.29 is 35.2 Å². The van der Waals surface area contributed by atoms with Crippen molar-refractivity contribution in [2.45, 2.75) is 31.7 Å². The quantitative estimate of drug-likeness (QED) is 0.0317. The predicted octanol–water partition coefficient (Wildman–Crippen LogP) is 22.3. The molecule has 0 saturated heterocycles. The Bertz CT molecular complexity index is 9410. The van der Waals surface area contributed by atoms with Gasteiger partial charge in [-0.1, -0.05) is 80.6 Å². The highest BCUT2D eigenvalue weighted by molar-refractivity contribution is 7.92. The van der Waals surface area contributed by atoms with Gasteiger partial charge >= 0.3 is 0 Å². The summed E-state index contributed by atoms with van der Waals surface area (Å²) in [6.45, 7) is 4.80. The van der Waals surface area contributed by atoms with Gasteiger partial charge in [-0.05, 0) is 192 Å². The van der Waals surface area contributed by atoms with Crippen LogP contribution in [0.5, 0.6) is 0 Å². The molecule has 32 nitrogen and oxygen atoms in total. The fraction of sp³-hybridized carbons (Fsp3) is 0.0648. The Morgan fingerprint density at radius 2 is 0.753 bits per heavy atom. The number of amides is 1. The van der Waals surface area contributed by atoms with Crippen molar-refractivity contribution in [3.8, 4) is 135 Å². The third-order valence-corrected chi connectivity index (χ3v) is 25.5. The van der Waals surface area contributed by atoms with E-state index >= 15 is 0 Å². The maximum absolute atomic E-state index is 13.9. The minimum absolute atomic E-state index is 0.0568. The third kappa shape index (κ3) is 19.0. The number of pyridine rings is 10. The number of fused-ring (bicyclic) bond motifs is 8. The Labute approximate surface area is 824 Å². The fourth-order valence-electron chi connectivity index (χ4n) is 17.3. The van der Waals surface area contributed by atoms with Crippen molar-refractivity contribution in [1.82, 2.24) is 135 Å². The van der Waals surface area contributed by atoms with E-state index in [0.717, 1.165) is 146 Å². The van der Waals surface area contributed by atoms with Gasteiger partial charge in [-0.15, -0.1) is 0 Å². The molecule has 38 heteroatoms. The lowest BCUT2D eigenvalue weighted by Gasteiger charge is -2.10. The molecule has 18 heterocycles. The minimum Gasteiger partial charge on any atom is -0.335 e. The molecule has 7 aromatic carbocycles. The fourth-order valence-corrected chi connectivity index (χ4v) is 18.3. The van der Waals surface area contributed by atoms with Crippen LogP contribution in [0.25, 0.3) is 223 Å². The summed E-state index contributed by atoms with van der Waals surface area (Å²) in [6, 6.07) is 56.3. The first-order valence-electron chi connectivity index (χ1n) is 45.6. The number of benzene rings is 7. The maximum atomic E-state index is 13.9. The number of aromatic nitrogens is 26. The van der Waals surface area contributed by atoms with Crippen molar-refractivity contribution in [1.29, 1.82) is 0 Å². The number of nitrogens with zero attached hydrogens (tertiary/aromatic N) is 19. The van der Waals surface area contributed by atoms with Crippen molar-refractivity contribution in [2.75, 3.05) is 24.1 Å². The molecule has 25 rings (SSSR count). The first kappa shape index (κ1) is 91.7. The summed E-state index contributed by atoms with van der Waals surface area (Å²) in [4.78, 5) is 89.0. The molecule has 0 saturated carbocycles. The van der Waals surface area contributed by atoms with Crippen molar-refractivity contribution >= 4 is 115 Å². The zero-order chi connectivity index (χ0) is 99.8. The van der Waals surface area contributed by atoms with Gasteiger partial charge in [0.25, 0.3) is 10.0 Å². The summed E-state index contributed by atoms with van der Waals surface area (Å²) in [5, 5.41) is 36.7. The van der Waals surface area contributed by atoms with Gasteiger partial charge in [-0.2, -0.15) is 20.4 Å². The number of hydrogen-bond donors (Lipinski definition) is 10. The van der Waals surface area contributed by atoms with Crippen LogP contribution in [-0.2, 0) is 21.4 Å². The second-order valence-electron chi connectivity index (χ2n) is 34.9. The molecule has 25 aromatic rings. The van der Waals surface area contributed by atoms with E-state index in [1.54, 1.807) is 123 Å². The Morgan fingerprint density at radius 1 is 0.342 bits per heavy atom. The molecule has 0 aliphatic rings. The van der Waals surface area contributed by atoms with Crippen LogP contribution in [0.4, 0.5) is 33.5 Å². The number of aromatic amines is 8. The molecule has 0 radical (unpaired) electrons. The van der Waals surface area contributed by atoms with E-state index in [4.69, 9.17) is 19.9 Å². The zero-order valence-electron chi connectivity index (χ0n) is 77.5. The second kappa shape index (κ2) is 39.0. The average Bonchev–Trinajstić information content (AvgIpc) is 1.63. The number of halogens is 5. The van der Waals surface area contributed by atoms with Gasteiger partial charge in [-0.25, -0.2) is 55.3 Å². The minimum atomic E-state index is -3.79. The lowest BCUT2D eigenvalue weighted by atomic mass is 10.0. The van der Waals surface area contributed by atoms with Gasteiger partial charge in [-0.3, -0.25) is 74.8 Å². The molecule has 146 heavy (non-hydrogen) atoms. The molecule has 0 unspecified atom stereocenters. The lowest BCUT2D eigenvalue weighted by molar-refractivity contribution is -0.116. The maximum Gasteiger partial charge on any atom is 0.263 e. The summed E-state index contributed by atoms with van der Waals surface area (Å²) < 4.78 is 97.0. The number of rotatable bonds is 20. The number of H-pyrrole nitrogens is 8. The third-order valence-electron chi connectivity index (χ3n) is 24.1. The van der Waals surface area contributed by atoms with Crippen LogP contribution in [0.1, 0.15) is 25.8 Å². The smallest absolute Gasteiger partial charge is 0.263 e. The van der Waals surface area contributed by atoms with E-state index in [2.05, 4.69) is 150 Å². The normalized spacial score (nSPS) is 11.6. The molecule has 714 valence electrons. The van der Waals surface area contributed by atoms with E-state index in [9.17, 15) is 35.2 Å². The summed E-state index contributed by atoms with van der Waals surface area (Å²) >= 11 is 0. The molecule has 10 N–H and O–H groups in total. The number of anilines is 2. The summed E-state index contributed by atoms with van der Waals surface area (Å²) in [6.07, 6.45) is 31.4. The number of imidazole rings is 4. The monoisotopic (exact) mass is 1960 g/mol. The van der Waals surface area contributed by atoms with E-state index in [1.807, 2.05) is 125 Å². The number of sulfonamides is 1. The van der Waals surface area contributed by atoms with Crippen LogP contribution in [0.2, 0.25) is 0 Å². The Morgan fingerprint density at radius 3 is 1.21 bits per heavy atom. The van der Waals surface area contributed by atoms with Gasteiger partial charge in [0, 0.05) is 159 Å². The summed E-state index contributed by atoms with van der Waals surface area (Å²) in [5.41, 5.74) is 25.6. The molecule has 0 aliphatic carbocycles. The molecule has 0 fully saturated rings. The predicted molar refractivity (Wildman–Crippen MR) is 549 cm³/mol. The molecule has 0 bridgehead atoms. The molecule has 0 spiro atoms. The SMILES string of the molecule is CC(C)CC(=O)Nc1cncc(-c2ccc3[nH]nc(-c4nc5c(-c6ccc(F)c(F)c6)cncc5[nH]4)c3c2)c1.CN(C)Cc1cncc(-c2ccc3[nH]nc(-c4nc5c(-c6cncc(F)c6)cncc5[nH]4)c3c2)c1.Fc1cccc(-c2cncc3[nH]c(-c4n[nH]c5ccc(-c6cccnc6)cc45)nc23)c1.O=S(=O)(Nc1cc(-c2ccc3[nH]nc(-c4nc5c(-c6cncc(F)c6)cncc5[nH]4)c3c2)ccn1)c1ccccc1. The van der Waals surface area contributed by atoms with Crippen molar-refractivity contribution in [3.63, 3.8) is 0 Å². The van der Waals surface area contributed by atoms with Crippen molar-refractivity contribution in [3.05, 3.63) is 347 Å². The molecule has 0 atom stereocenters. The molecular weight excluding hydrogens is 1880 g/mol. The van der Waals surface area contributed by atoms with Crippen molar-refractivity contribution in [2.24, 2.45) is 5.92 Å². The van der Waals surface area contributed by atoms with Gasteiger partial charge in [0.1, 0.15) is 57.1 Å². The van der Waals surface area contributed by atoms with E-state index in [-0.39, 0.29) is 28.4 Å². The number of carbonyl (C=O) groups excluding carboxylic acids is 1. The first-order chi connectivity index (χ1) is 71.1. The van der Waals surface area contributed by atoms with Crippen LogP contribution < -0.4 is 10.0 Å². The second-order valence-corrected chi connectivity index (χ2v) is 36.6. The highest BCUT2D eigenvalue weighted by Crippen LogP contribution is 2.41. The van der Waals surface area contributed by atoms with E-state index in [1.165, 1.54) is 48.7 Å². The van der Waals surface area contributed by atoms with Crippen LogP contribution in [0.15, 0.2) is 317 Å². The van der Waals surface area contributed by atoms with Crippen LogP contribution >= 0.6 is 0 Å². The molecule has 18 aromatic heterocycles. The largest absolute Gasteiger partial charge is 0.335 e. The molecule has 0 aliphatic heterocycles. The Balaban J connectivity index is 0.000000111. The first-order valence-corrected chi connectivity index (χ1v) is 47.1.